The standard InChI is InChI=1S/C14H23NO5/c16-12(5-4-11-3-1-2-10-20-11)15-8-6-14(19,7-9-15)13(17)18/h11,19H,1-10H2,(H,17,18). The highest BCUT2D eigenvalue weighted by atomic mass is 16.5. The number of amides is 1. The van der Waals surface area contributed by atoms with Crippen molar-refractivity contribution in [3.63, 3.8) is 0 Å². The van der Waals surface area contributed by atoms with E-state index in [0.29, 0.717) is 19.5 Å². The van der Waals surface area contributed by atoms with Gasteiger partial charge in [0.2, 0.25) is 5.91 Å². The molecule has 2 heterocycles. The molecule has 20 heavy (non-hydrogen) atoms. The van der Waals surface area contributed by atoms with Crippen molar-refractivity contribution in [1.29, 1.82) is 0 Å². The molecule has 0 radical (unpaired) electrons. The summed E-state index contributed by atoms with van der Waals surface area (Å²) in [6, 6.07) is 0. The van der Waals surface area contributed by atoms with Crippen molar-refractivity contribution in [2.24, 2.45) is 0 Å². The van der Waals surface area contributed by atoms with Crippen molar-refractivity contribution in [3.05, 3.63) is 0 Å². The number of carboxylic acids is 1. The van der Waals surface area contributed by atoms with Crippen molar-refractivity contribution >= 4 is 11.9 Å². The van der Waals surface area contributed by atoms with E-state index in [2.05, 4.69) is 0 Å². The van der Waals surface area contributed by atoms with Crippen LogP contribution in [0.25, 0.3) is 0 Å². The maximum atomic E-state index is 12.1. The number of aliphatic hydroxyl groups is 1. The number of piperidine rings is 1. The zero-order valence-corrected chi connectivity index (χ0v) is 11.7. The minimum atomic E-state index is -1.66. The molecule has 2 fully saturated rings. The number of likely N-dealkylation sites (tertiary alicyclic amines) is 1. The van der Waals surface area contributed by atoms with Crippen LogP contribution in [-0.2, 0) is 14.3 Å². The molecule has 0 aromatic carbocycles. The molecule has 2 aliphatic rings. The summed E-state index contributed by atoms with van der Waals surface area (Å²) >= 11 is 0. The van der Waals surface area contributed by atoms with Crippen LogP contribution in [0, 0.1) is 0 Å². The summed E-state index contributed by atoms with van der Waals surface area (Å²) in [6.07, 6.45) is 4.86. The quantitative estimate of drug-likeness (QED) is 0.797. The zero-order chi connectivity index (χ0) is 14.6. The number of carbonyl (C=O) groups excluding carboxylic acids is 1. The molecule has 2 N–H and O–H groups in total. The van der Waals surface area contributed by atoms with E-state index in [1.54, 1.807) is 4.90 Å². The van der Waals surface area contributed by atoms with Crippen LogP contribution in [-0.4, -0.2) is 58.4 Å². The maximum Gasteiger partial charge on any atom is 0.335 e. The predicted octanol–water partition coefficient (Wildman–Crippen LogP) is 0.774. The van der Waals surface area contributed by atoms with Gasteiger partial charge in [-0.3, -0.25) is 4.79 Å². The third kappa shape index (κ3) is 3.70. The fourth-order valence-corrected chi connectivity index (χ4v) is 2.82. The number of carboxylic acid groups (broad SMARTS) is 1. The molecule has 1 unspecified atom stereocenters. The molecule has 0 aliphatic carbocycles. The average Bonchev–Trinajstić information content (AvgIpc) is 2.46. The Balaban J connectivity index is 1.73. The van der Waals surface area contributed by atoms with E-state index < -0.39 is 11.6 Å². The van der Waals surface area contributed by atoms with Crippen molar-refractivity contribution in [1.82, 2.24) is 4.90 Å². The molecule has 2 saturated heterocycles. The monoisotopic (exact) mass is 285 g/mol. The normalized spacial score (nSPS) is 26.2. The Morgan fingerprint density at radius 2 is 1.95 bits per heavy atom. The highest BCUT2D eigenvalue weighted by molar-refractivity contribution is 5.79. The number of rotatable bonds is 4. The summed E-state index contributed by atoms with van der Waals surface area (Å²) in [5, 5.41) is 18.8. The lowest BCUT2D eigenvalue weighted by atomic mass is 9.91. The fourth-order valence-electron chi connectivity index (χ4n) is 2.82. The SMILES string of the molecule is O=C(CCC1CCCCO1)N1CCC(O)(C(=O)O)CC1. The van der Waals surface area contributed by atoms with E-state index in [0.717, 1.165) is 32.3 Å². The lowest BCUT2D eigenvalue weighted by molar-refractivity contribution is -0.165. The van der Waals surface area contributed by atoms with Crippen molar-refractivity contribution in [2.45, 2.75) is 56.7 Å². The van der Waals surface area contributed by atoms with Gasteiger partial charge in [0, 0.05) is 39.0 Å². The Bertz CT molecular complexity index is 357. The molecule has 6 heteroatoms. The van der Waals surface area contributed by atoms with Crippen molar-refractivity contribution in [2.75, 3.05) is 19.7 Å². The molecule has 0 aromatic heterocycles. The minimum Gasteiger partial charge on any atom is -0.479 e. The van der Waals surface area contributed by atoms with Gasteiger partial charge in [0.1, 0.15) is 0 Å². The summed E-state index contributed by atoms with van der Waals surface area (Å²) in [5.74, 6) is -1.16. The molecule has 114 valence electrons. The molecule has 0 spiro atoms. The summed E-state index contributed by atoms with van der Waals surface area (Å²) in [5.41, 5.74) is -1.66. The third-order valence-corrected chi connectivity index (χ3v) is 4.30. The van der Waals surface area contributed by atoms with Gasteiger partial charge in [-0.25, -0.2) is 4.79 Å². The first-order valence-corrected chi connectivity index (χ1v) is 7.36. The second-order valence-corrected chi connectivity index (χ2v) is 5.74. The molecular formula is C14H23NO5. The maximum absolute atomic E-state index is 12.1. The van der Waals surface area contributed by atoms with E-state index in [9.17, 15) is 14.7 Å². The van der Waals surface area contributed by atoms with Gasteiger partial charge >= 0.3 is 5.97 Å². The molecule has 0 saturated carbocycles. The van der Waals surface area contributed by atoms with Gasteiger partial charge in [-0.15, -0.1) is 0 Å². The summed E-state index contributed by atoms with van der Waals surface area (Å²) < 4.78 is 5.59. The van der Waals surface area contributed by atoms with E-state index in [1.807, 2.05) is 0 Å². The topological polar surface area (TPSA) is 87.1 Å². The van der Waals surface area contributed by atoms with Crippen LogP contribution >= 0.6 is 0 Å². The Morgan fingerprint density at radius 1 is 1.25 bits per heavy atom. The third-order valence-electron chi connectivity index (χ3n) is 4.30. The van der Waals surface area contributed by atoms with Crippen LogP contribution in [0.5, 0.6) is 0 Å². The Labute approximate surface area is 118 Å². The lowest BCUT2D eigenvalue weighted by Gasteiger charge is -2.35. The summed E-state index contributed by atoms with van der Waals surface area (Å²) in [6.45, 7) is 1.41. The van der Waals surface area contributed by atoms with E-state index in [-0.39, 0.29) is 24.9 Å². The minimum absolute atomic E-state index is 0.0339. The smallest absolute Gasteiger partial charge is 0.335 e. The van der Waals surface area contributed by atoms with E-state index in [4.69, 9.17) is 9.84 Å². The van der Waals surface area contributed by atoms with Crippen LogP contribution in [0.1, 0.15) is 44.9 Å². The first-order valence-electron chi connectivity index (χ1n) is 7.36. The number of hydrogen-bond acceptors (Lipinski definition) is 4. The largest absolute Gasteiger partial charge is 0.479 e. The van der Waals surface area contributed by atoms with Crippen LogP contribution in [0.15, 0.2) is 0 Å². The number of ether oxygens (including phenoxy) is 1. The van der Waals surface area contributed by atoms with Gasteiger partial charge in [0.25, 0.3) is 0 Å². The predicted molar refractivity (Wildman–Crippen MR) is 71.2 cm³/mol. The Morgan fingerprint density at radius 3 is 2.50 bits per heavy atom. The molecule has 0 bridgehead atoms. The molecule has 2 rings (SSSR count). The highest BCUT2D eigenvalue weighted by Crippen LogP contribution is 2.24. The van der Waals surface area contributed by atoms with Gasteiger partial charge < -0.3 is 19.8 Å². The van der Waals surface area contributed by atoms with Crippen molar-refractivity contribution < 1.29 is 24.5 Å². The molecule has 6 nitrogen and oxygen atoms in total. The zero-order valence-electron chi connectivity index (χ0n) is 11.7. The van der Waals surface area contributed by atoms with E-state index >= 15 is 0 Å². The Kier molecular flexibility index (Phi) is 4.99. The molecule has 1 atom stereocenters. The molecule has 0 aromatic rings. The fraction of sp³-hybridized carbons (Fsp3) is 0.857. The summed E-state index contributed by atoms with van der Waals surface area (Å²) in [4.78, 5) is 24.6. The van der Waals surface area contributed by atoms with Crippen LogP contribution < -0.4 is 0 Å². The van der Waals surface area contributed by atoms with Crippen LogP contribution in [0.4, 0.5) is 0 Å². The average molecular weight is 285 g/mol. The van der Waals surface area contributed by atoms with Gasteiger partial charge in [-0.2, -0.15) is 0 Å². The van der Waals surface area contributed by atoms with E-state index in [1.165, 1.54) is 0 Å². The first-order chi connectivity index (χ1) is 9.51. The van der Waals surface area contributed by atoms with Crippen molar-refractivity contribution in [3.8, 4) is 0 Å². The number of aliphatic carboxylic acids is 1. The number of carbonyl (C=O) groups is 2. The molecular weight excluding hydrogens is 262 g/mol. The second-order valence-electron chi connectivity index (χ2n) is 5.74. The van der Waals surface area contributed by atoms with Gasteiger partial charge in [0.15, 0.2) is 5.60 Å². The lowest BCUT2D eigenvalue weighted by Crippen LogP contribution is -2.50. The first kappa shape index (κ1) is 15.3. The van der Waals surface area contributed by atoms with Crippen LogP contribution in [0.2, 0.25) is 0 Å². The number of nitrogens with zero attached hydrogens (tertiary/aromatic N) is 1. The van der Waals surface area contributed by atoms with Gasteiger partial charge in [0.05, 0.1) is 6.10 Å². The van der Waals surface area contributed by atoms with Crippen LogP contribution in [0.3, 0.4) is 0 Å². The number of hydrogen-bond donors (Lipinski definition) is 2. The Hall–Kier alpha value is -1.14. The highest BCUT2D eigenvalue weighted by Gasteiger charge is 2.40. The van der Waals surface area contributed by atoms with Gasteiger partial charge in [-0.1, -0.05) is 0 Å². The molecule has 2 aliphatic heterocycles. The second kappa shape index (κ2) is 6.54. The molecule has 1 amide bonds. The van der Waals surface area contributed by atoms with Gasteiger partial charge in [-0.05, 0) is 25.7 Å². The summed E-state index contributed by atoms with van der Waals surface area (Å²) in [7, 11) is 0.